The van der Waals surface area contributed by atoms with Gasteiger partial charge in [0, 0.05) is 52.6 Å². The Morgan fingerprint density at radius 3 is 2.70 bits per heavy atom. The van der Waals surface area contributed by atoms with Crippen LogP contribution >= 0.6 is 27.3 Å². The molecule has 0 atom stereocenters. The molecule has 2 aromatic heterocycles. The smallest absolute Gasteiger partial charge is 0.319 e. The fourth-order valence-corrected chi connectivity index (χ4v) is 5.00. The maximum atomic E-state index is 12.4. The molecular weight excluding hydrogens is 424 g/mol. The Morgan fingerprint density at radius 2 is 1.96 bits per heavy atom. The van der Waals surface area contributed by atoms with Crippen LogP contribution in [0.2, 0.25) is 0 Å². The monoisotopic (exact) mass is 444 g/mol. The lowest BCUT2D eigenvalue weighted by Crippen LogP contribution is -2.30. The minimum absolute atomic E-state index is 0.191. The fraction of sp³-hybridized carbons (Fsp3) is 0.250. The highest BCUT2D eigenvalue weighted by Gasteiger charge is 2.23. The second kappa shape index (κ2) is 7.88. The minimum atomic E-state index is -0.191. The molecule has 5 nitrogen and oxygen atoms in total. The number of halogens is 1. The van der Waals surface area contributed by atoms with Crippen LogP contribution in [-0.2, 0) is 19.5 Å². The molecule has 27 heavy (non-hydrogen) atoms. The zero-order valence-electron chi connectivity index (χ0n) is 15.0. The normalized spacial score (nSPS) is 14.0. The number of urea groups is 1. The maximum Gasteiger partial charge on any atom is 0.319 e. The number of amides is 2. The van der Waals surface area contributed by atoms with Gasteiger partial charge < -0.3 is 20.1 Å². The maximum absolute atomic E-state index is 12.4. The van der Waals surface area contributed by atoms with Crippen molar-refractivity contribution in [2.45, 2.75) is 19.5 Å². The largest absolute Gasteiger partial charge is 0.334 e. The predicted octanol–water partition coefficient (Wildman–Crippen LogP) is 4.61. The highest BCUT2D eigenvalue weighted by molar-refractivity contribution is 9.10. The van der Waals surface area contributed by atoms with Crippen LogP contribution in [0.15, 0.2) is 53.3 Å². The molecule has 1 aliphatic rings. The van der Waals surface area contributed by atoms with E-state index in [1.54, 1.807) is 0 Å². The molecule has 3 heterocycles. The molecule has 0 unspecified atom stereocenters. The first kappa shape index (κ1) is 18.3. The summed E-state index contributed by atoms with van der Waals surface area (Å²) >= 11 is 5.23. The van der Waals surface area contributed by atoms with E-state index in [2.05, 4.69) is 55.5 Å². The average Bonchev–Trinajstić information content (AvgIpc) is 3.29. The Balaban J connectivity index is 1.52. The number of fused-ring (bicyclic) bond motifs is 1. The van der Waals surface area contributed by atoms with Crippen LogP contribution in [0, 0.1) is 0 Å². The van der Waals surface area contributed by atoms with E-state index in [1.807, 2.05) is 47.7 Å². The summed E-state index contributed by atoms with van der Waals surface area (Å²) in [4.78, 5) is 16.1. The van der Waals surface area contributed by atoms with Crippen molar-refractivity contribution in [1.82, 2.24) is 14.8 Å². The number of hydrogen-bond donors (Lipinski definition) is 2. The summed E-state index contributed by atoms with van der Waals surface area (Å²) in [5, 5.41) is 7.12. The van der Waals surface area contributed by atoms with Gasteiger partial charge in [-0.2, -0.15) is 0 Å². The Bertz CT molecular complexity index is 934. The summed E-state index contributed by atoms with van der Waals surface area (Å²) in [6.07, 6.45) is 5.15. The zero-order valence-corrected chi connectivity index (χ0v) is 17.4. The van der Waals surface area contributed by atoms with E-state index in [0.29, 0.717) is 6.54 Å². The van der Waals surface area contributed by atoms with Gasteiger partial charge in [-0.25, -0.2) is 4.79 Å². The lowest BCUT2D eigenvalue weighted by molar-refractivity contribution is 0.251. The van der Waals surface area contributed by atoms with Crippen molar-refractivity contribution in [2.24, 2.45) is 0 Å². The summed E-state index contributed by atoms with van der Waals surface area (Å²) in [7, 11) is 2.15. The number of benzene rings is 1. The van der Waals surface area contributed by atoms with Crippen LogP contribution in [0.5, 0.6) is 0 Å². The van der Waals surface area contributed by atoms with Gasteiger partial charge in [0.25, 0.3) is 0 Å². The van der Waals surface area contributed by atoms with Gasteiger partial charge in [0.15, 0.2) is 0 Å². The van der Waals surface area contributed by atoms with Crippen LogP contribution < -0.4 is 10.6 Å². The summed E-state index contributed by atoms with van der Waals surface area (Å²) in [6.45, 7) is 2.54. The number of nitrogens with one attached hydrogen (secondary N) is 2. The Morgan fingerprint density at radius 1 is 1.22 bits per heavy atom. The Labute approximate surface area is 171 Å². The molecule has 3 aromatic rings. The molecule has 0 aliphatic carbocycles. The van der Waals surface area contributed by atoms with Crippen LogP contribution in [0.25, 0.3) is 5.00 Å². The first-order valence-corrected chi connectivity index (χ1v) is 10.5. The molecule has 2 N–H and O–H groups in total. The molecule has 0 fully saturated rings. The van der Waals surface area contributed by atoms with Gasteiger partial charge in [0.05, 0.1) is 0 Å². The van der Waals surface area contributed by atoms with E-state index in [0.717, 1.165) is 29.7 Å². The number of hydrogen-bond acceptors (Lipinski definition) is 3. The van der Waals surface area contributed by atoms with E-state index in [9.17, 15) is 4.79 Å². The van der Waals surface area contributed by atoms with Gasteiger partial charge in [-0.3, -0.25) is 0 Å². The third kappa shape index (κ3) is 4.10. The van der Waals surface area contributed by atoms with Gasteiger partial charge in [-0.15, -0.1) is 11.3 Å². The summed E-state index contributed by atoms with van der Waals surface area (Å²) < 4.78 is 3.13. The van der Waals surface area contributed by atoms with Gasteiger partial charge in [-0.05, 0) is 55.4 Å². The third-order valence-corrected chi connectivity index (χ3v) is 6.50. The van der Waals surface area contributed by atoms with Crippen molar-refractivity contribution in [3.8, 4) is 5.00 Å². The standard InChI is InChI=1S/C20H21BrN4OS/c1-24-11-8-16-17(19(27-18(16)13-24)25-9-2-3-10-25)12-22-20(26)23-15-6-4-14(21)5-7-15/h2-7,9-10H,8,11-13H2,1H3,(H2,22,23,26). The fourth-order valence-electron chi connectivity index (χ4n) is 3.32. The highest BCUT2D eigenvalue weighted by Crippen LogP contribution is 2.35. The minimum Gasteiger partial charge on any atom is -0.334 e. The topological polar surface area (TPSA) is 49.3 Å². The second-order valence-electron chi connectivity index (χ2n) is 6.68. The highest BCUT2D eigenvalue weighted by atomic mass is 79.9. The van der Waals surface area contributed by atoms with Crippen molar-refractivity contribution >= 4 is 39.0 Å². The number of nitrogens with zero attached hydrogens (tertiary/aromatic N) is 2. The lowest BCUT2D eigenvalue weighted by atomic mass is 10.0. The van der Waals surface area contributed by atoms with Crippen LogP contribution in [0.1, 0.15) is 16.0 Å². The first-order chi connectivity index (χ1) is 13.1. The molecule has 0 bridgehead atoms. The summed E-state index contributed by atoms with van der Waals surface area (Å²) in [6, 6.07) is 11.4. The number of rotatable bonds is 4. The quantitative estimate of drug-likeness (QED) is 0.616. The summed E-state index contributed by atoms with van der Waals surface area (Å²) in [5.41, 5.74) is 3.39. The molecule has 0 saturated carbocycles. The van der Waals surface area contributed by atoms with E-state index in [1.165, 1.54) is 21.0 Å². The second-order valence-corrected chi connectivity index (χ2v) is 8.68. The first-order valence-electron chi connectivity index (χ1n) is 8.86. The van der Waals surface area contributed by atoms with E-state index in [4.69, 9.17) is 0 Å². The molecule has 1 aliphatic heterocycles. The van der Waals surface area contributed by atoms with Gasteiger partial charge >= 0.3 is 6.03 Å². The number of carbonyl (C=O) groups is 1. The molecule has 2 amide bonds. The number of carbonyl (C=O) groups excluding carboxylic acids is 1. The van der Waals surface area contributed by atoms with Crippen molar-refractivity contribution in [2.75, 3.05) is 18.9 Å². The average molecular weight is 445 g/mol. The predicted molar refractivity (Wildman–Crippen MR) is 114 cm³/mol. The molecule has 0 spiro atoms. The molecule has 4 rings (SSSR count). The van der Waals surface area contributed by atoms with Crippen molar-refractivity contribution in [3.05, 3.63) is 69.3 Å². The van der Waals surface area contributed by atoms with Crippen molar-refractivity contribution < 1.29 is 4.79 Å². The van der Waals surface area contributed by atoms with Crippen molar-refractivity contribution in [1.29, 1.82) is 0 Å². The number of anilines is 1. The van der Waals surface area contributed by atoms with Gasteiger partial charge in [0.1, 0.15) is 5.00 Å². The third-order valence-electron chi connectivity index (χ3n) is 4.70. The Hall–Kier alpha value is -2.09. The SMILES string of the molecule is CN1CCc2c(sc(-n3cccc3)c2CNC(=O)Nc2ccc(Br)cc2)C1. The van der Waals surface area contributed by atoms with Gasteiger partial charge in [0.2, 0.25) is 0 Å². The molecule has 0 saturated heterocycles. The van der Waals surface area contributed by atoms with Crippen LogP contribution in [0.4, 0.5) is 10.5 Å². The van der Waals surface area contributed by atoms with Gasteiger partial charge in [-0.1, -0.05) is 15.9 Å². The van der Waals surface area contributed by atoms with Crippen LogP contribution in [-0.4, -0.2) is 29.1 Å². The zero-order chi connectivity index (χ0) is 18.8. The van der Waals surface area contributed by atoms with Crippen molar-refractivity contribution in [3.63, 3.8) is 0 Å². The summed E-state index contributed by atoms with van der Waals surface area (Å²) in [5.74, 6) is 0. The molecule has 7 heteroatoms. The number of likely N-dealkylation sites (N-methyl/N-ethyl adjacent to an activating group) is 1. The molecular formula is C20H21BrN4OS. The molecule has 0 radical (unpaired) electrons. The van der Waals surface area contributed by atoms with E-state index < -0.39 is 0 Å². The van der Waals surface area contributed by atoms with E-state index >= 15 is 0 Å². The van der Waals surface area contributed by atoms with E-state index in [-0.39, 0.29) is 6.03 Å². The lowest BCUT2D eigenvalue weighted by Gasteiger charge is -2.22. The molecule has 1 aromatic carbocycles. The van der Waals surface area contributed by atoms with Crippen LogP contribution in [0.3, 0.4) is 0 Å². The Kier molecular flexibility index (Phi) is 5.33. The molecule has 140 valence electrons. The number of aromatic nitrogens is 1. The number of thiophene rings is 1.